The van der Waals surface area contributed by atoms with E-state index in [2.05, 4.69) is 20.4 Å². The summed E-state index contributed by atoms with van der Waals surface area (Å²) >= 11 is 6.21. The van der Waals surface area contributed by atoms with Crippen molar-refractivity contribution in [2.75, 3.05) is 0 Å². The largest absolute Gasteiger partial charge is 0.440 e. The summed E-state index contributed by atoms with van der Waals surface area (Å²) in [6, 6.07) is 9.37. The predicted octanol–water partition coefficient (Wildman–Crippen LogP) is 3.53. The predicted molar refractivity (Wildman–Crippen MR) is 79.0 cm³/mol. The van der Waals surface area contributed by atoms with E-state index in [1.807, 2.05) is 24.3 Å². The van der Waals surface area contributed by atoms with Gasteiger partial charge in [0.15, 0.2) is 11.4 Å². The number of nitriles is 1. The quantitative estimate of drug-likeness (QED) is 0.799. The molecule has 4 rings (SSSR count). The molecule has 0 amide bonds. The third kappa shape index (κ3) is 2.07. The monoisotopic (exact) mass is 311 g/mol. The van der Waals surface area contributed by atoms with Crippen molar-refractivity contribution in [3.8, 4) is 28.9 Å². The lowest BCUT2D eigenvalue weighted by atomic mass is 10.2. The van der Waals surface area contributed by atoms with Crippen LogP contribution in [0.3, 0.4) is 0 Å². The lowest BCUT2D eigenvalue weighted by molar-refractivity contribution is 0.521. The Morgan fingerprint density at radius 1 is 1.23 bits per heavy atom. The van der Waals surface area contributed by atoms with E-state index in [1.54, 1.807) is 6.07 Å². The molecule has 0 saturated heterocycles. The highest BCUT2D eigenvalue weighted by Crippen LogP contribution is 2.46. The smallest absolute Gasteiger partial charge is 0.228 e. The molecule has 1 saturated carbocycles. The van der Waals surface area contributed by atoms with Gasteiger partial charge in [-0.3, -0.25) is 0 Å². The highest BCUT2D eigenvalue weighted by atomic mass is 35.5. The normalized spacial score (nSPS) is 14.0. The van der Waals surface area contributed by atoms with Gasteiger partial charge in [-0.1, -0.05) is 23.7 Å². The Labute approximate surface area is 130 Å². The van der Waals surface area contributed by atoms with Gasteiger partial charge in [-0.05, 0) is 25.0 Å². The van der Waals surface area contributed by atoms with E-state index in [1.165, 1.54) is 0 Å². The second kappa shape index (κ2) is 4.97. The van der Waals surface area contributed by atoms with E-state index in [0.29, 0.717) is 28.2 Å². The summed E-state index contributed by atoms with van der Waals surface area (Å²) in [5, 5.41) is 20.0. The molecule has 1 fully saturated rings. The van der Waals surface area contributed by atoms with Gasteiger partial charge in [0.05, 0.1) is 10.6 Å². The number of halogens is 1. The Morgan fingerprint density at radius 3 is 2.77 bits per heavy atom. The summed E-state index contributed by atoms with van der Waals surface area (Å²) in [7, 11) is 0. The summed E-state index contributed by atoms with van der Waals surface area (Å²) in [6.07, 6.45) is 2.09. The number of hydrogen-bond donors (Lipinski definition) is 1. The maximum Gasteiger partial charge on any atom is 0.228 e. The minimum atomic E-state index is 0.209. The van der Waals surface area contributed by atoms with Crippen molar-refractivity contribution in [3.63, 3.8) is 0 Å². The van der Waals surface area contributed by atoms with E-state index in [4.69, 9.17) is 21.3 Å². The molecule has 1 N–H and O–H groups in total. The summed E-state index contributed by atoms with van der Waals surface area (Å²) in [6.45, 7) is 0. The lowest BCUT2D eigenvalue weighted by Gasteiger charge is -1.97. The van der Waals surface area contributed by atoms with E-state index in [-0.39, 0.29) is 5.69 Å². The van der Waals surface area contributed by atoms with Gasteiger partial charge in [0.1, 0.15) is 17.5 Å². The molecule has 108 valence electrons. The van der Waals surface area contributed by atoms with Crippen LogP contribution in [0.25, 0.3) is 22.8 Å². The molecule has 0 atom stereocenters. The molecule has 2 aromatic heterocycles. The van der Waals surface area contributed by atoms with Crippen LogP contribution in [0.15, 0.2) is 28.7 Å². The van der Waals surface area contributed by atoms with Gasteiger partial charge in [-0.25, -0.2) is 4.98 Å². The fourth-order valence-electron chi connectivity index (χ4n) is 2.35. The molecular weight excluding hydrogens is 302 g/mol. The molecule has 2 heterocycles. The summed E-state index contributed by atoms with van der Waals surface area (Å²) in [5.41, 5.74) is 1.93. The number of nitrogens with one attached hydrogen (secondary N) is 1. The standard InChI is InChI=1S/C15H10ClN5O/c16-10-4-2-1-3-9(10)15-18-13(14(22-15)8-5-6-8)12-11(7-17)19-21-20-12/h1-4,8H,5-6H2,(H,19,20,21). The second-order valence-corrected chi connectivity index (χ2v) is 5.53. The molecular formula is C15H10ClN5O. The third-order valence-corrected chi connectivity index (χ3v) is 3.91. The van der Waals surface area contributed by atoms with Crippen LogP contribution in [-0.4, -0.2) is 20.4 Å². The highest BCUT2D eigenvalue weighted by Gasteiger charge is 2.34. The topological polar surface area (TPSA) is 91.4 Å². The molecule has 0 aliphatic heterocycles. The van der Waals surface area contributed by atoms with Crippen LogP contribution in [0.1, 0.15) is 30.2 Å². The number of oxazole rings is 1. The number of hydrogen-bond acceptors (Lipinski definition) is 5. The SMILES string of the molecule is N#Cc1n[nH]nc1-c1nc(-c2ccccc2Cl)oc1C1CC1. The summed E-state index contributed by atoms with van der Waals surface area (Å²) in [4.78, 5) is 4.53. The number of nitrogens with zero attached hydrogens (tertiary/aromatic N) is 4. The van der Waals surface area contributed by atoms with Crippen LogP contribution in [0.5, 0.6) is 0 Å². The van der Waals surface area contributed by atoms with Crippen LogP contribution >= 0.6 is 11.6 Å². The van der Waals surface area contributed by atoms with Crippen molar-refractivity contribution >= 4 is 11.6 Å². The van der Waals surface area contributed by atoms with Gasteiger partial charge in [0.25, 0.3) is 0 Å². The van der Waals surface area contributed by atoms with Crippen LogP contribution in [0.4, 0.5) is 0 Å². The van der Waals surface area contributed by atoms with Gasteiger partial charge in [0.2, 0.25) is 5.89 Å². The molecule has 7 heteroatoms. The summed E-state index contributed by atoms with van der Waals surface area (Å²) in [5.74, 6) is 1.51. The van der Waals surface area contributed by atoms with Crippen molar-refractivity contribution < 1.29 is 4.42 Å². The zero-order chi connectivity index (χ0) is 15.1. The van der Waals surface area contributed by atoms with Gasteiger partial charge >= 0.3 is 0 Å². The third-order valence-electron chi connectivity index (χ3n) is 3.58. The van der Waals surface area contributed by atoms with Crippen molar-refractivity contribution in [1.29, 1.82) is 5.26 Å². The van der Waals surface area contributed by atoms with Gasteiger partial charge in [0, 0.05) is 5.92 Å². The molecule has 6 nitrogen and oxygen atoms in total. The minimum absolute atomic E-state index is 0.209. The molecule has 0 unspecified atom stereocenters. The second-order valence-electron chi connectivity index (χ2n) is 5.12. The zero-order valence-electron chi connectivity index (χ0n) is 11.4. The Kier molecular flexibility index (Phi) is 2.94. The average molecular weight is 312 g/mol. The van der Waals surface area contributed by atoms with E-state index >= 15 is 0 Å². The Bertz CT molecular complexity index is 887. The molecule has 22 heavy (non-hydrogen) atoms. The maximum absolute atomic E-state index is 9.13. The average Bonchev–Trinajstić information content (AvgIpc) is 3.11. The Hall–Kier alpha value is -2.65. The van der Waals surface area contributed by atoms with Crippen LogP contribution < -0.4 is 0 Å². The molecule has 1 aliphatic carbocycles. The first-order valence-corrected chi connectivity index (χ1v) is 7.22. The van der Waals surface area contributed by atoms with Crippen molar-refractivity contribution in [2.24, 2.45) is 0 Å². The number of H-pyrrole nitrogens is 1. The van der Waals surface area contributed by atoms with Crippen molar-refractivity contribution in [2.45, 2.75) is 18.8 Å². The lowest BCUT2D eigenvalue weighted by Crippen LogP contribution is -1.88. The number of aromatic amines is 1. The molecule has 0 radical (unpaired) electrons. The zero-order valence-corrected chi connectivity index (χ0v) is 12.1. The van der Waals surface area contributed by atoms with Gasteiger partial charge in [-0.2, -0.15) is 15.6 Å². The van der Waals surface area contributed by atoms with Crippen molar-refractivity contribution in [3.05, 3.63) is 40.7 Å². The van der Waals surface area contributed by atoms with E-state index in [0.717, 1.165) is 24.2 Å². The highest BCUT2D eigenvalue weighted by molar-refractivity contribution is 6.33. The molecule has 0 bridgehead atoms. The number of aromatic nitrogens is 4. The van der Waals surface area contributed by atoms with E-state index in [9.17, 15) is 0 Å². The molecule has 0 spiro atoms. The minimum Gasteiger partial charge on any atom is -0.440 e. The first kappa shape index (κ1) is 13.0. The number of rotatable bonds is 3. The van der Waals surface area contributed by atoms with Crippen LogP contribution in [0, 0.1) is 11.3 Å². The Balaban J connectivity index is 1.89. The molecule has 3 aromatic rings. The first-order valence-electron chi connectivity index (χ1n) is 6.85. The molecule has 1 aliphatic rings. The van der Waals surface area contributed by atoms with Gasteiger partial charge in [-0.15, -0.1) is 5.10 Å². The van der Waals surface area contributed by atoms with E-state index < -0.39 is 0 Å². The Morgan fingerprint density at radius 2 is 2.05 bits per heavy atom. The first-order chi connectivity index (χ1) is 10.8. The summed E-state index contributed by atoms with van der Waals surface area (Å²) < 4.78 is 5.94. The number of benzene rings is 1. The van der Waals surface area contributed by atoms with Gasteiger partial charge < -0.3 is 4.42 Å². The maximum atomic E-state index is 9.13. The molecule has 1 aromatic carbocycles. The van der Waals surface area contributed by atoms with Crippen LogP contribution in [0.2, 0.25) is 5.02 Å². The van der Waals surface area contributed by atoms with Crippen molar-refractivity contribution in [1.82, 2.24) is 20.4 Å². The fraction of sp³-hybridized carbons (Fsp3) is 0.200. The fourth-order valence-corrected chi connectivity index (χ4v) is 2.56. The van der Waals surface area contributed by atoms with Crippen LogP contribution in [-0.2, 0) is 0 Å².